The molecule has 6 nitrogen and oxygen atoms in total. The highest BCUT2D eigenvalue weighted by atomic mass is 32.1. The molecule has 0 aliphatic carbocycles. The minimum Gasteiger partial charge on any atom is -0.477 e. The normalized spacial score (nSPS) is 16.8. The topological polar surface area (TPSA) is 86.7 Å². The zero-order chi connectivity index (χ0) is 18.8. The fraction of sp³-hybridized carbons (Fsp3) is 0.278. The van der Waals surface area contributed by atoms with E-state index in [0.29, 0.717) is 11.3 Å². The number of amides is 2. The lowest BCUT2D eigenvalue weighted by Gasteiger charge is -2.17. The Morgan fingerprint density at radius 3 is 2.77 bits per heavy atom. The summed E-state index contributed by atoms with van der Waals surface area (Å²) in [6.07, 6.45) is 0.0904. The summed E-state index contributed by atoms with van der Waals surface area (Å²) < 4.78 is 13.4. The molecule has 1 aliphatic rings. The maximum atomic E-state index is 13.4. The quantitative estimate of drug-likeness (QED) is 0.840. The van der Waals surface area contributed by atoms with Gasteiger partial charge in [0.1, 0.15) is 10.7 Å². The molecule has 2 N–H and O–H groups in total. The molecule has 3 rings (SSSR count). The number of anilines is 1. The zero-order valence-corrected chi connectivity index (χ0v) is 14.8. The summed E-state index contributed by atoms with van der Waals surface area (Å²) in [6, 6.07) is 7.57. The van der Waals surface area contributed by atoms with Crippen LogP contribution in [-0.4, -0.2) is 29.4 Å². The minimum atomic E-state index is -1.00. The Balaban J connectivity index is 1.61. The van der Waals surface area contributed by atoms with Crippen LogP contribution in [0.3, 0.4) is 0 Å². The lowest BCUT2D eigenvalue weighted by atomic mass is 10.1. The second-order valence-corrected chi connectivity index (χ2v) is 7.30. The van der Waals surface area contributed by atoms with Crippen LogP contribution in [-0.2, 0) is 16.1 Å². The van der Waals surface area contributed by atoms with E-state index < -0.39 is 11.9 Å². The fourth-order valence-electron chi connectivity index (χ4n) is 2.84. The van der Waals surface area contributed by atoms with Crippen molar-refractivity contribution in [2.24, 2.45) is 5.92 Å². The molecule has 2 heterocycles. The largest absolute Gasteiger partial charge is 0.477 e. The Morgan fingerprint density at radius 1 is 1.35 bits per heavy atom. The molecule has 26 heavy (non-hydrogen) atoms. The number of nitrogens with zero attached hydrogens (tertiary/aromatic N) is 1. The number of carboxylic acid groups (broad SMARTS) is 1. The number of thiophene rings is 1. The van der Waals surface area contributed by atoms with E-state index in [-0.39, 0.29) is 42.0 Å². The summed E-state index contributed by atoms with van der Waals surface area (Å²) >= 11 is 1.10. The van der Waals surface area contributed by atoms with Crippen LogP contribution in [0.5, 0.6) is 0 Å². The molecule has 1 aromatic heterocycles. The Labute approximate surface area is 153 Å². The van der Waals surface area contributed by atoms with Crippen LogP contribution >= 0.6 is 11.3 Å². The molecule has 0 spiro atoms. The van der Waals surface area contributed by atoms with Gasteiger partial charge in [0.25, 0.3) is 0 Å². The maximum absolute atomic E-state index is 13.4. The number of aromatic carboxylic acids is 1. The van der Waals surface area contributed by atoms with E-state index in [2.05, 4.69) is 5.32 Å². The van der Waals surface area contributed by atoms with Gasteiger partial charge in [0.05, 0.1) is 12.5 Å². The van der Waals surface area contributed by atoms with Gasteiger partial charge in [-0.3, -0.25) is 9.59 Å². The zero-order valence-electron chi connectivity index (χ0n) is 14.0. The summed E-state index contributed by atoms with van der Waals surface area (Å²) in [5.74, 6) is -2.28. The van der Waals surface area contributed by atoms with Crippen molar-refractivity contribution >= 4 is 34.8 Å². The van der Waals surface area contributed by atoms with Crippen LogP contribution in [0.15, 0.2) is 30.3 Å². The van der Waals surface area contributed by atoms with Crippen molar-refractivity contribution in [2.75, 3.05) is 11.4 Å². The molecule has 2 amide bonds. The summed E-state index contributed by atoms with van der Waals surface area (Å²) in [5, 5.41) is 11.7. The number of carbonyl (C=O) groups is 3. The van der Waals surface area contributed by atoms with E-state index in [1.165, 1.54) is 23.1 Å². The molecule has 2 aromatic rings. The first kappa shape index (κ1) is 18.1. The summed E-state index contributed by atoms with van der Waals surface area (Å²) in [4.78, 5) is 37.9. The number of hydrogen-bond acceptors (Lipinski definition) is 4. The van der Waals surface area contributed by atoms with Crippen molar-refractivity contribution in [3.8, 4) is 0 Å². The molecule has 1 unspecified atom stereocenters. The minimum absolute atomic E-state index is 0.0904. The Bertz CT molecular complexity index is 880. The molecule has 136 valence electrons. The number of benzene rings is 1. The molecule has 1 atom stereocenters. The molecule has 0 saturated carbocycles. The van der Waals surface area contributed by atoms with Gasteiger partial charge in [0.2, 0.25) is 11.8 Å². The van der Waals surface area contributed by atoms with Crippen molar-refractivity contribution in [3.05, 3.63) is 51.5 Å². The first-order chi connectivity index (χ1) is 12.3. The Kier molecular flexibility index (Phi) is 5.03. The molecule has 1 saturated heterocycles. The highest BCUT2D eigenvalue weighted by Gasteiger charge is 2.35. The van der Waals surface area contributed by atoms with Gasteiger partial charge in [0, 0.05) is 23.5 Å². The van der Waals surface area contributed by atoms with Crippen LogP contribution < -0.4 is 10.2 Å². The molecular weight excluding hydrogens is 359 g/mol. The van der Waals surface area contributed by atoms with Gasteiger partial charge >= 0.3 is 5.97 Å². The number of hydrogen-bond donors (Lipinski definition) is 2. The third-order valence-corrected chi connectivity index (χ3v) is 5.33. The molecule has 1 aliphatic heterocycles. The second-order valence-electron chi connectivity index (χ2n) is 6.13. The Morgan fingerprint density at radius 2 is 2.12 bits per heavy atom. The third-order valence-electron chi connectivity index (χ3n) is 4.26. The van der Waals surface area contributed by atoms with Gasteiger partial charge in [-0.25, -0.2) is 9.18 Å². The Hall–Kier alpha value is -2.74. The smallest absolute Gasteiger partial charge is 0.345 e. The van der Waals surface area contributed by atoms with Crippen molar-refractivity contribution in [3.63, 3.8) is 0 Å². The van der Waals surface area contributed by atoms with E-state index >= 15 is 0 Å². The van der Waals surface area contributed by atoms with Gasteiger partial charge in [-0.1, -0.05) is 0 Å². The van der Waals surface area contributed by atoms with Crippen molar-refractivity contribution in [1.82, 2.24) is 5.32 Å². The van der Waals surface area contributed by atoms with Gasteiger partial charge in [0.15, 0.2) is 0 Å². The average Bonchev–Trinajstić information content (AvgIpc) is 3.22. The molecule has 0 radical (unpaired) electrons. The van der Waals surface area contributed by atoms with Crippen LogP contribution in [0.4, 0.5) is 10.1 Å². The van der Waals surface area contributed by atoms with Crippen LogP contribution in [0.2, 0.25) is 0 Å². The molecule has 0 bridgehead atoms. The van der Waals surface area contributed by atoms with Gasteiger partial charge in [-0.15, -0.1) is 11.3 Å². The second kappa shape index (κ2) is 7.25. The number of nitrogens with one attached hydrogen (secondary N) is 1. The van der Waals surface area contributed by atoms with Crippen molar-refractivity contribution in [2.45, 2.75) is 19.9 Å². The maximum Gasteiger partial charge on any atom is 0.345 e. The molecule has 1 aromatic carbocycles. The third kappa shape index (κ3) is 3.75. The number of carboxylic acids is 1. The van der Waals surface area contributed by atoms with Gasteiger partial charge in [-0.05, 0) is 42.8 Å². The summed E-state index contributed by atoms with van der Waals surface area (Å²) in [6.45, 7) is 2.08. The molecule has 1 fully saturated rings. The lowest BCUT2D eigenvalue weighted by molar-refractivity contribution is -0.126. The van der Waals surface area contributed by atoms with E-state index in [4.69, 9.17) is 5.11 Å². The predicted molar refractivity (Wildman–Crippen MR) is 94.7 cm³/mol. The number of rotatable bonds is 5. The summed E-state index contributed by atoms with van der Waals surface area (Å²) in [7, 11) is 0. The van der Waals surface area contributed by atoms with E-state index in [0.717, 1.165) is 16.2 Å². The highest BCUT2D eigenvalue weighted by Crippen LogP contribution is 2.27. The standard InChI is InChI=1S/C18H17FN2O4S/c1-10-6-12(2-4-14(10)19)21-9-11(7-16(21)22)17(23)20-8-13-3-5-15(26-13)18(24)25/h2-6,11H,7-9H2,1H3,(H,20,23)(H,24,25). The van der Waals surface area contributed by atoms with Crippen LogP contribution in [0.25, 0.3) is 0 Å². The number of halogens is 1. The van der Waals surface area contributed by atoms with Gasteiger partial charge < -0.3 is 15.3 Å². The first-order valence-corrected chi connectivity index (χ1v) is 8.83. The van der Waals surface area contributed by atoms with E-state index in [9.17, 15) is 18.8 Å². The van der Waals surface area contributed by atoms with Crippen molar-refractivity contribution < 1.29 is 23.9 Å². The van der Waals surface area contributed by atoms with Crippen LogP contribution in [0, 0.1) is 18.7 Å². The monoisotopic (exact) mass is 376 g/mol. The average molecular weight is 376 g/mol. The van der Waals surface area contributed by atoms with Crippen molar-refractivity contribution in [1.29, 1.82) is 0 Å². The summed E-state index contributed by atoms with van der Waals surface area (Å²) in [5.41, 5.74) is 1.02. The van der Waals surface area contributed by atoms with Gasteiger partial charge in [-0.2, -0.15) is 0 Å². The molecular formula is C18H17FN2O4S. The molecule has 8 heteroatoms. The number of aryl methyl sites for hydroxylation is 1. The van der Waals surface area contributed by atoms with E-state index in [1.54, 1.807) is 19.1 Å². The fourth-order valence-corrected chi connectivity index (χ4v) is 3.62. The van der Waals surface area contributed by atoms with E-state index in [1.807, 2.05) is 0 Å². The number of carbonyl (C=O) groups excluding carboxylic acids is 2. The van der Waals surface area contributed by atoms with Crippen LogP contribution in [0.1, 0.15) is 26.5 Å². The first-order valence-electron chi connectivity index (χ1n) is 8.01. The predicted octanol–water partition coefficient (Wildman–Crippen LogP) is 2.56. The highest BCUT2D eigenvalue weighted by molar-refractivity contribution is 7.13. The lowest BCUT2D eigenvalue weighted by Crippen LogP contribution is -2.32. The SMILES string of the molecule is Cc1cc(N2CC(C(=O)NCc3ccc(C(=O)O)s3)CC2=O)ccc1F.